The molecule has 0 fully saturated rings. The van der Waals surface area contributed by atoms with Gasteiger partial charge in [-0.2, -0.15) is 0 Å². The zero-order valence-corrected chi connectivity index (χ0v) is 13.5. The van der Waals surface area contributed by atoms with Crippen molar-refractivity contribution in [2.45, 2.75) is 17.9 Å². The van der Waals surface area contributed by atoms with Gasteiger partial charge in [-0.15, -0.1) is 0 Å². The molecule has 19 heavy (non-hydrogen) atoms. The molecule has 1 aromatic carbocycles. The minimum atomic E-state index is -3.53. The molecule has 1 unspecified atom stereocenters. The maximum atomic E-state index is 12.1. The molecule has 0 bridgehead atoms. The van der Waals surface area contributed by atoms with Gasteiger partial charge in [-0.3, -0.25) is 0 Å². The molecular weight excluding hydrogens is 334 g/mol. The average Bonchev–Trinajstić information content (AvgIpc) is 2.37. The second-order valence-corrected chi connectivity index (χ2v) is 6.70. The maximum Gasteiger partial charge on any atom is 0.240 e. The lowest BCUT2D eigenvalue weighted by molar-refractivity contribution is 0.0320. The fourth-order valence-corrected chi connectivity index (χ4v) is 2.86. The van der Waals surface area contributed by atoms with Crippen molar-refractivity contribution in [2.24, 2.45) is 0 Å². The molecule has 0 amide bonds. The number of sulfonamides is 1. The van der Waals surface area contributed by atoms with Crippen molar-refractivity contribution in [3.05, 3.63) is 28.2 Å². The van der Waals surface area contributed by atoms with Crippen molar-refractivity contribution >= 4 is 26.0 Å². The van der Waals surface area contributed by atoms with Crippen molar-refractivity contribution in [1.29, 1.82) is 0 Å². The highest BCUT2D eigenvalue weighted by Gasteiger charge is 2.17. The van der Waals surface area contributed by atoms with Crippen molar-refractivity contribution < 1.29 is 17.9 Å². The third-order valence-electron chi connectivity index (χ3n) is 2.63. The second-order valence-electron chi connectivity index (χ2n) is 4.08. The van der Waals surface area contributed by atoms with Gasteiger partial charge in [0.05, 0.1) is 17.6 Å². The average molecular weight is 352 g/mol. The summed E-state index contributed by atoms with van der Waals surface area (Å²) in [5.41, 5.74) is 0.864. The normalized spacial score (nSPS) is 13.5. The van der Waals surface area contributed by atoms with Gasteiger partial charge in [-0.05, 0) is 30.7 Å². The lowest BCUT2D eigenvalue weighted by Gasteiger charge is -2.15. The van der Waals surface area contributed by atoms with E-state index in [1.54, 1.807) is 25.3 Å². The number of benzene rings is 1. The van der Waals surface area contributed by atoms with E-state index in [9.17, 15) is 8.42 Å². The summed E-state index contributed by atoms with van der Waals surface area (Å²) < 4.78 is 37.6. The summed E-state index contributed by atoms with van der Waals surface area (Å²) in [4.78, 5) is 0.237. The van der Waals surface area contributed by atoms with Crippen LogP contribution in [0.5, 0.6) is 0 Å². The molecule has 0 spiro atoms. The summed E-state index contributed by atoms with van der Waals surface area (Å²) in [5.74, 6) is 0. The van der Waals surface area contributed by atoms with Gasteiger partial charge in [-0.25, -0.2) is 13.1 Å². The number of rotatable bonds is 7. The fourth-order valence-electron chi connectivity index (χ4n) is 1.47. The zero-order chi connectivity index (χ0) is 14.5. The number of hydrogen-bond acceptors (Lipinski definition) is 4. The van der Waals surface area contributed by atoms with Gasteiger partial charge in [0.15, 0.2) is 0 Å². The predicted molar refractivity (Wildman–Crippen MR) is 76.7 cm³/mol. The lowest BCUT2D eigenvalue weighted by Crippen LogP contribution is -2.35. The predicted octanol–water partition coefficient (Wildman–Crippen LogP) is 1.70. The summed E-state index contributed by atoms with van der Waals surface area (Å²) >= 11 is 3.34. The van der Waals surface area contributed by atoms with Gasteiger partial charge < -0.3 is 9.47 Å². The highest BCUT2D eigenvalue weighted by molar-refractivity contribution is 9.10. The van der Waals surface area contributed by atoms with E-state index in [2.05, 4.69) is 20.7 Å². The molecule has 1 atom stereocenters. The lowest BCUT2D eigenvalue weighted by atomic mass is 10.2. The molecule has 0 aromatic heterocycles. The molecular formula is C12H18BrNO4S. The largest absolute Gasteiger partial charge is 0.382 e. The van der Waals surface area contributed by atoms with E-state index in [-0.39, 0.29) is 17.5 Å². The van der Waals surface area contributed by atoms with Crippen LogP contribution in [0.2, 0.25) is 0 Å². The van der Waals surface area contributed by atoms with Crippen LogP contribution < -0.4 is 4.72 Å². The Labute approximate surface area is 122 Å². The Morgan fingerprint density at radius 2 is 2.05 bits per heavy atom. The standard InChI is InChI=1S/C12H18BrNO4S/c1-9-6-11(4-5-12(9)13)19(15,16)14-7-10(18-3)8-17-2/h4-6,10,14H,7-8H2,1-3H3. The number of hydrogen-bond donors (Lipinski definition) is 1. The Morgan fingerprint density at radius 1 is 1.37 bits per heavy atom. The van der Waals surface area contributed by atoms with Crippen molar-refractivity contribution in [1.82, 2.24) is 4.72 Å². The third-order valence-corrected chi connectivity index (χ3v) is 4.94. The highest BCUT2D eigenvalue weighted by atomic mass is 79.9. The van der Waals surface area contributed by atoms with E-state index in [4.69, 9.17) is 9.47 Å². The Hall–Kier alpha value is -0.470. The van der Waals surface area contributed by atoms with Crippen LogP contribution in [0.25, 0.3) is 0 Å². The summed E-state index contributed by atoms with van der Waals surface area (Å²) in [6.07, 6.45) is -0.309. The van der Waals surface area contributed by atoms with Gasteiger partial charge in [0.1, 0.15) is 0 Å². The van der Waals surface area contributed by atoms with E-state index < -0.39 is 10.0 Å². The molecule has 0 aliphatic rings. The van der Waals surface area contributed by atoms with Gasteiger partial charge in [0, 0.05) is 25.2 Å². The van der Waals surface area contributed by atoms with Gasteiger partial charge in [0.25, 0.3) is 0 Å². The maximum absolute atomic E-state index is 12.1. The van der Waals surface area contributed by atoms with E-state index in [1.165, 1.54) is 7.11 Å². The molecule has 1 aromatic rings. The number of nitrogens with one attached hydrogen (secondary N) is 1. The minimum Gasteiger partial charge on any atom is -0.382 e. The Morgan fingerprint density at radius 3 is 2.58 bits per heavy atom. The molecule has 5 nitrogen and oxygen atoms in total. The molecule has 0 aliphatic carbocycles. The van der Waals surface area contributed by atoms with Gasteiger partial charge in [0.2, 0.25) is 10.0 Å². The molecule has 0 heterocycles. The van der Waals surface area contributed by atoms with Crippen LogP contribution in [-0.4, -0.2) is 41.9 Å². The topological polar surface area (TPSA) is 64.6 Å². The molecule has 1 rings (SSSR count). The van der Waals surface area contributed by atoms with Crippen molar-refractivity contribution in [3.8, 4) is 0 Å². The highest BCUT2D eigenvalue weighted by Crippen LogP contribution is 2.19. The first-order valence-corrected chi connectivity index (χ1v) is 7.96. The zero-order valence-electron chi connectivity index (χ0n) is 11.1. The molecule has 0 saturated carbocycles. The van der Waals surface area contributed by atoms with E-state index >= 15 is 0 Å². The number of aryl methyl sites for hydroxylation is 1. The van der Waals surface area contributed by atoms with Crippen LogP contribution in [0.15, 0.2) is 27.6 Å². The number of ether oxygens (including phenoxy) is 2. The van der Waals surface area contributed by atoms with Crippen LogP contribution in [0.3, 0.4) is 0 Å². The fraction of sp³-hybridized carbons (Fsp3) is 0.500. The molecule has 108 valence electrons. The van der Waals surface area contributed by atoms with Crippen LogP contribution >= 0.6 is 15.9 Å². The Balaban J connectivity index is 2.78. The summed E-state index contributed by atoms with van der Waals surface area (Å²) in [6, 6.07) is 4.88. The smallest absolute Gasteiger partial charge is 0.240 e. The molecule has 0 saturated heterocycles. The van der Waals surface area contributed by atoms with E-state index in [0.717, 1.165) is 10.0 Å². The molecule has 0 aliphatic heterocycles. The molecule has 1 N–H and O–H groups in total. The van der Waals surface area contributed by atoms with E-state index in [0.29, 0.717) is 6.61 Å². The van der Waals surface area contributed by atoms with E-state index in [1.807, 2.05) is 6.92 Å². The molecule has 7 heteroatoms. The first-order chi connectivity index (χ1) is 8.90. The van der Waals surface area contributed by atoms with Crippen molar-refractivity contribution in [3.63, 3.8) is 0 Å². The van der Waals surface area contributed by atoms with Crippen LogP contribution in [-0.2, 0) is 19.5 Å². The first kappa shape index (κ1) is 16.6. The van der Waals surface area contributed by atoms with Gasteiger partial charge in [-0.1, -0.05) is 15.9 Å². The monoisotopic (exact) mass is 351 g/mol. The minimum absolute atomic E-state index is 0.168. The number of halogens is 1. The summed E-state index contributed by atoms with van der Waals surface area (Å²) in [7, 11) is -0.473. The Kier molecular flexibility index (Phi) is 6.41. The van der Waals surface area contributed by atoms with Crippen LogP contribution in [0, 0.1) is 6.92 Å². The summed E-state index contributed by atoms with van der Waals surface area (Å²) in [6.45, 7) is 2.34. The third kappa shape index (κ3) is 4.85. The quantitative estimate of drug-likeness (QED) is 0.811. The van der Waals surface area contributed by atoms with Gasteiger partial charge >= 0.3 is 0 Å². The van der Waals surface area contributed by atoms with Crippen molar-refractivity contribution in [2.75, 3.05) is 27.4 Å². The number of methoxy groups -OCH3 is 2. The SMILES string of the molecule is COCC(CNS(=O)(=O)c1ccc(Br)c(C)c1)OC. The first-order valence-electron chi connectivity index (χ1n) is 5.68. The summed E-state index contributed by atoms with van der Waals surface area (Å²) in [5, 5.41) is 0. The van der Waals surface area contributed by atoms with Crippen LogP contribution in [0.1, 0.15) is 5.56 Å². The second kappa shape index (κ2) is 7.35. The molecule has 0 radical (unpaired) electrons. The van der Waals surface area contributed by atoms with Crippen LogP contribution in [0.4, 0.5) is 0 Å². The Bertz CT molecular complexity index is 518.